The van der Waals surface area contributed by atoms with Crippen LogP contribution < -0.4 is 5.32 Å². The van der Waals surface area contributed by atoms with Gasteiger partial charge in [-0.25, -0.2) is 9.38 Å². The predicted molar refractivity (Wildman–Crippen MR) is 117 cm³/mol. The van der Waals surface area contributed by atoms with Crippen LogP contribution >= 0.6 is 34.7 Å². The van der Waals surface area contributed by atoms with Gasteiger partial charge in [0.25, 0.3) is 0 Å². The summed E-state index contributed by atoms with van der Waals surface area (Å²) in [5.41, 5.74) is 1.03. The Morgan fingerprint density at radius 2 is 2.07 bits per heavy atom. The maximum absolute atomic E-state index is 13.3. The molecule has 0 atom stereocenters. The molecule has 1 spiro atoms. The molecule has 1 N–H and O–H groups in total. The van der Waals surface area contributed by atoms with Crippen LogP contribution in [0.3, 0.4) is 0 Å². The molecule has 4 rings (SSSR count). The van der Waals surface area contributed by atoms with Crippen molar-refractivity contribution in [2.75, 3.05) is 11.1 Å². The second-order valence-corrected chi connectivity index (χ2v) is 9.18. The van der Waals surface area contributed by atoms with Gasteiger partial charge in [0.05, 0.1) is 15.7 Å². The second kappa shape index (κ2) is 8.35. The summed E-state index contributed by atoms with van der Waals surface area (Å²) in [7, 11) is 0. The van der Waals surface area contributed by atoms with Gasteiger partial charge in [0.15, 0.2) is 5.66 Å². The van der Waals surface area contributed by atoms with Crippen LogP contribution in [0.1, 0.15) is 37.0 Å². The third kappa shape index (κ3) is 4.31. The third-order valence-corrected chi connectivity index (χ3v) is 6.92. The summed E-state index contributed by atoms with van der Waals surface area (Å²) >= 11 is 8.81. The normalized spacial score (nSPS) is 18.1. The van der Waals surface area contributed by atoms with E-state index in [1.54, 1.807) is 11.3 Å². The number of carbonyl (C=O) groups excluding carboxylic acids is 1. The standard InChI is InChI=1S/C20H19ClFN3OS2/c21-14-11-13(6-7-15(14)22)23-17(26)12-28-19-18(16-5-4-10-27-16)24-20(25-19)8-2-1-3-9-20/h4-7,10-11H,1-3,8-9,12H2,(H,23,26). The number of thiophene rings is 1. The Labute approximate surface area is 176 Å². The van der Waals surface area contributed by atoms with Gasteiger partial charge in [0, 0.05) is 5.69 Å². The summed E-state index contributed by atoms with van der Waals surface area (Å²) < 4.78 is 13.3. The van der Waals surface area contributed by atoms with Gasteiger partial charge in [0.2, 0.25) is 5.91 Å². The average Bonchev–Trinajstić information content (AvgIpc) is 3.32. The first-order valence-electron chi connectivity index (χ1n) is 9.16. The zero-order valence-corrected chi connectivity index (χ0v) is 17.5. The lowest BCUT2D eigenvalue weighted by Gasteiger charge is -2.27. The highest BCUT2D eigenvalue weighted by Crippen LogP contribution is 2.39. The van der Waals surface area contributed by atoms with Gasteiger partial charge in [-0.1, -0.05) is 35.9 Å². The molecule has 146 valence electrons. The molecular weight excluding hydrogens is 417 g/mol. The van der Waals surface area contributed by atoms with Gasteiger partial charge < -0.3 is 5.32 Å². The number of nitrogens with zero attached hydrogens (tertiary/aromatic N) is 2. The molecule has 1 amide bonds. The van der Waals surface area contributed by atoms with E-state index in [0.717, 1.165) is 41.3 Å². The number of amides is 1. The van der Waals surface area contributed by atoms with Crippen molar-refractivity contribution in [3.8, 4) is 0 Å². The number of anilines is 1. The van der Waals surface area contributed by atoms with Crippen molar-refractivity contribution in [3.05, 3.63) is 51.4 Å². The summed E-state index contributed by atoms with van der Waals surface area (Å²) in [5, 5.41) is 5.59. The Morgan fingerprint density at radius 3 is 2.79 bits per heavy atom. The molecule has 1 aliphatic heterocycles. The minimum absolute atomic E-state index is 0.0167. The van der Waals surface area contributed by atoms with Gasteiger partial charge >= 0.3 is 0 Å². The van der Waals surface area contributed by atoms with E-state index < -0.39 is 5.82 Å². The number of carbonyl (C=O) groups is 1. The van der Waals surface area contributed by atoms with Gasteiger partial charge in [-0.2, -0.15) is 0 Å². The maximum atomic E-state index is 13.3. The molecule has 0 radical (unpaired) electrons. The summed E-state index contributed by atoms with van der Waals surface area (Å²) in [6.45, 7) is 0. The Hall–Kier alpha value is -1.70. The van der Waals surface area contributed by atoms with E-state index in [1.165, 1.54) is 36.4 Å². The number of hydrogen-bond acceptors (Lipinski definition) is 5. The molecule has 0 bridgehead atoms. The lowest BCUT2D eigenvalue weighted by atomic mass is 9.90. The highest BCUT2D eigenvalue weighted by molar-refractivity contribution is 8.16. The monoisotopic (exact) mass is 435 g/mol. The first kappa shape index (κ1) is 19.6. The fourth-order valence-electron chi connectivity index (χ4n) is 3.44. The van der Waals surface area contributed by atoms with E-state index in [2.05, 4.69) is 5.32 Å². The summed E-state index contributed by atoms with van der Waals surface area (Å²) in [6.07, 6.45) is 5.42. The number of hydrogen-bond donors (Lipinski definition) is 1. The third-order valence-electron chi connectivity index (χ3n) is 4.78. The molecule has 1 aromatic carbocycles. The number of benzene rings is 1. The van der Waals surface area contributed by atoms with Crippen molar-refractivity contribution in [2.24, 2.45) is 9.98 Å². The van der Waals surface area contributed by atoms with Crippen LogP contribution in [0.4, 0.5) is 10.1 Å². The minimum atomic E-state index is -0.510. The first-order valence-corrected chi connectivity index (χ1v) is 11.4. The molecule has 2 heterocycles. The van der Waals surface area contributed by atoms with Crippen molar-refractivity contribution in [2.45, 2.75) is 37.8 Å². The zero-order valence-electron chi connectivity index (χ0n) is 15.1. The van der Waals surface area contributed by atoms with Gasteiger partial charge in [-0.3, -0.25) is 9.79 Å². The van der Waals surface area contributed by atoms with Crippen LogP contribution in [0.25, 0.3) is 0 Å². The molecule has 1 fully saturated rings. The van der Waals surface area contributed by atoms with Crippen molar-refractivity contribution in [3.63, 3.8) is 0 Å². The Kier molecular flexibility index (Phi) is 5.85. The Morgan fingerprint density at radius 1 is 1.25 bits per heavy atom. The topological polar surface area (TPSA) is 53.8 Å². The zero-order chi connectivity index (χ0) is 19.6. The van der Waals surface area contributed by atoms with Crippen LogP contribution in [0.5, 0.6) is 0 Å². The Balaban J connectivity index is 1.46. The largest absolute Gasteiger partial charge is 0.325 e. The molecule has 1 saturated carbocycles. The van der Waals surface area contributed by atoms with E-state index in [9.17, 15) is 9.18 Å². The summed E-state index contributed by atoms with van der Waals surface area (Å²) in [4.78, 5) is 23.4. The van der Waals surface area contributed by atoms with Crippen LogP contribution in [0, 0.1) is 5.82 Å². The molecule has 0 saturated heterocycles. The number of rotatable bonds is 4. The van der Waals surface area contributed by atoms with Crippen molar-refractivity contribution < 1.29 is 9.18 Å². The molecule has 0 unspecified atom stereocenters. The van der Waals surface area contributed by atoms with Crippen molar-refractivity contribution in [1.29, 1.82) is 0 Å². The Bertz CT molecular complexity index is 937. The van der Waals surface area contributed by atoms with Crippen molar-refractivity contribution >= 4 is 57.0 Å². The van der Waals surface area contributed by atoms with Crippen molar-refractivity contribution in [1.82, 2.24) is 0 Å². The predicted octanol–water partition coefficient (Wildman–Crippen LogP) is 5.77. The molecule has 2 aliphatic rings. The second-order valence-electron chi connectivity index (χ2n) is 6.86. The molecule has 1 aliphatic carbocycles. The number of halogens is 2. The fraction of sp³-hybridized carbons (Fsp3) is 0.350. The smallest absolute Gasteiger partial charge is 0.234 e. The van der Waals surface area contributed by atoms with Gasteiger partial charge in [-0.05, 0) is 55.3 Å². The quantitative estimate of drug-likeness (QED) is 0.662. The molecule has 2 aromatic rings. The van der Waals surface area contributed by atoms with E-state index in [0.29, 0.717) is 5.69 Å². The molecule has 4 nitrogen and oxygen atoms in total. The van der Waals surface area contributed by atoms with Crippen LogP contribution in [0.2, 0.25) is 5.02 Å². The molecule has 28 heavy (non-hydrogen) atoms. The van der Waals surface area contributed by atoms with Gasteiger partial charge in [-0.15, -0.1) is 11.3 Å². The average molecular weight is 436 g/mol. The molecule has 8 heteroatoms. The highest BCUT2D eigenvalue weighted by atomic mass is 35.5. The lowest BCUT2D eigenvalue weighted by Crippen LogP contribution is -2.25. The fourth-order valence-corrected chi connectivity index (χ4v) is 5.27. The molecular formula is C20H19ClFN3OS2. The van der Waals surface area contributed by atoms with E-state index >= 15 is 0 Å². The van der Waals surface area contributed by atoms with E-state index in [1.807, 2.05) is 17.5 Å². The maximum Gasteiger partial charge on any atom is 0.234 e. The first-order chi connectivity index (χ1) is 13.5. The minimum Gasteiger partial charge on any atom is -0.325 e. The summed E-state index contributed by atoms with van der Waals surface area (Å²) in [5.74, 6) is -0.497. The van der Waals surface area contributed by atoms with Crippen LogP contribution in [-0.2, 0) is 4.79 Å². The number of thioether (sulfide) groups is 1. The highest BCUT2D eigenvalue weighted by Gasteiger charge is 2.38. The SMILES string of the molecule is O=C(CSC1=NC2(CCCCC2)N=C1c1cccs1)Nc1ccc(F)c(Cl)c1. The van der Waals surface area contributed by atoms with E-state index in [4.69, 9.17) is 21.6 Å². The molecule has 1 aromatic heterocycles. The lowest BCUT2D eigenvalue weighted by molar-refractivity contribution is -0.113. The van der Waals surface area contributed by atoms with E-state index in [-0.39, 0.29) is 22.3 Å². The number of nitrogens with one attached hydrogen (secondary N) is 1. The van der Waals surface area contributed by atoms with Crippen LogP contribution in [0.15, 0.2) is 45.7 Å². The summed E-state index contributed by atoms with van der Waals surface area (Å²) in [6, 6.07) is 8.18. The van der Waals surface area contributed by atoms with Crippen LogP contribution in [-0.4, -0.2) is 28.1 Å². The number of aliphatic imine (C=N–C) groups is 2. The van der Waals surface area contributed by atoms with Gasteiger partial charge in [0.1, 0.15) is 16.6 Å².